The molecule has 2 heterocycles. The minimum absolute atomic E-state index is 0.0370. The number of nitrogens with one attached hydrogen (secondary N) is 1. The lowest BCUT2D eigenvalue weighted by molar-refractivity contribution is -0.125. The van der Waals surface area contributed by atoms with Gasteiger partial charge in [0.05, 0.1) is 11.8 Å². The Kier molecular flexibility index (Phi) is 6.51. The Hall–Kier alpha value is -2.61. The predicted octanol–water partition coefficient (Wildman–Crippen LogP) is 1.19. The molecule has 1 saturated heterocycles. The summed E-state index contributed by atoms with van der Waals surface area (Å²) in [5, 5.41) is 2.82. The smallest absolute Gasteiger partial charge is 0.265 e. The van der Waals surface area contributed by atoms with E-state index >= 15 is 0 Å². The van der Waals surface area contributed by atoms with Gasteiger partial charge in [-0.3, -0.25) is 19.3 Å². The molecule has 1 aromatic carbocycles. The summed E-state index contributed by atoms with van der Waals surface area (Å²) in [6.45, 7) is 5.92. The molecule has 0 unspecified atom stereocenters. The number of amides is 3. The van der Waals surface area contributed by atoms with Crippen molar-refractivity contribution < 1.29 is 23.9 Å². The third-order valence-corrected chi connectivity index (χ3v) is 5.05. The number of carbonyl (C=O) groups excluding carboxylic acids is 3. The second-order valence-corrected chi connectivity index (χ2v) is 6.87. The fourth-order valence-electron chi connectivity index (χ4n) is 3.43. The van der Waals surface area contributed by atoms with Crippen molar-refractivity contribution >= 4 is 23.4 Å². The standard InChI is InChI=1S/C20H27N3O5/c1-3-22(4-2)20(26)14-7-8-17-16(10-14)23(19(25)13-28-17)12-18(24)21-11-15-6-5-9-27-15/h7-8,10,15H,3-6,9,11-13H2,1-2H3,(H,21,24)/t15-/m1/s1. The number of fused-ring (bicyclic) bond motifs is 1. The van der Waals surface area contributed by atoms with E-state index in [1.807, 2.05) is 13.8 Å². The average Bonchev–Trinajstić information content (AvgIpc) is 3.23. The maximum atomic E-state index is 12.6. The number of hydrogen-bond donors (Lipinski definition) is 1. The molecule has 0 aromatic heterocycles. The van der Waals surface area contributed by atoms with Crippen LogP contribution in [0.15, 0.2) is 18.2 Å². The molecular formula is C20H27N3O5. The zero-order chi connectivity index (χ0) is 20.1. The first kappa shape index (κ1) is 20.1. The molecule has 28 heavy (non-hydrogen) atoms. The van der Waals surface area contributed by atoms with E-state index in [-0.39, 0.29) is 37.0 Å². The summed E-state index contributed by atoms with van der Waals surface area (Å²) in [7, 11) is 0. The monoisotopic (exact) mass is 389 g/mol. The molecule has 3 amide bonds. The molecule has 8 nitrogen and oxygen atoms in total. The van der Waals surface area contributed by atoms with Crippen molar-refractivity contribution in [3.05, 3.63) is 23.8 Å². The first-order chi connectivity index (χ1) is 13.5. The van der Waals surface area contributed by atoms with E-state index < -0.39 is 0 Å². The van der Waals surface area contributed by atoms with Gasteiger partial charge in [0, 0.05) is 31.8 Å². The second kappa shape index (κ2) is 9.05. The Morgan fingerprint density at radius 3 is 2.75 bits per heavy atom. The highest BCUT2D eigenvalue weighted by Crippen LogP contribution is 2.33. The fraction of sp³-hybridized carbons (Fsp3) is 0.550. The molecule has 0 spiro atoms. The van der Waals surface area contributed by atoms with Crippen molar-refractivity contribution in [1.29, 1.82) is 0 Å². The van der Waals surface area contributed by atoms with Crippen LogP contribution in [0.4, 0.5) is 5.69 Å². The number of ether oxygens (including phenoxy) is 2. The van der Waals surface area contributed by atoms with E-state index in [0.29, 0.717) is 36.6 Å². The summed E-state index contributed by atoms with van der Waals surface area (Å²) in [5.41, 5.74) is 0.909. The van der Waals surface area contributed by atoms with E-state index in [9.17, 15) is 14.4 Å². The van der Waals surface area contributed by atoms with Crippen LogP contribution in [0.3, 0.4) is 0 Å². The molecule has 0 saturated carbocycles. The lowest BCUT2D eigenvalue weighted by atomic mass is 10.1. The highest BCUT2D eigenvalue weighted by molar-refractivity contribution is 6.04. The number of rotatable bonds is 7. The average molecular weight is 389 g/mol. The summed E-state index contributed by atoms with van der Waals surface area (Å²) in [4.78, 5) is 40.5. The van der Waals surface area contributed by atoms with Gasteiger partial charge in [-0.15, -0.1) is 0 Å². The maximum absolute atomic E-state index is 12.6. The summed E-state index contributed by atoms with van der Waals surface area (Å²) < 4.78 is 11.0. The van der Waals surface area contributed by atoms with Crippen molar-refractivity contribution in [3.8, 4) is 5.75 Å². The fourth-order valence-corrected chi connectivity index (χ4v) is 3.43. The van der Waals surface area contributed by atoms with Crippen LogP contribution in [-0.2, 0) is 14.3 Å². The Balaban J connectivity index is 1.73. The van der Waals surface area contributed by atoms with Crippen molar-refractivity contribution in [2.45, 2.75) is 32.8 Å². The van der Waals surface area contributed by atoms with Gasteiger partial charge in [0.25, 0.3) is 11.8 Å². The van der Waals surface area contributed by atoms with Crippen LogP contribution in [0.25, 0.3) is 0 Å². The van der Waals surface area contributed by atoms with Gasteiger partial charge in [-0.25, -0.2) is 0 Å². The van der Waals surface area contributed by atoms with E-state index in [1.54, 1.807) is 23.1 Å². The third-order valence-electron chi connectivity index (χ3n) is 5.05. The summed E-state index contributed by atoms with van der Waals surface area (Å²) in [6.07, 6.45) is 1.96. The van der Waals surface area contributed by atoms with Crippen LogP contribution < -0.4 is 15.0 Å². The van der Waals surface area contributed by atoms with Crippen LogP contribution in [0, 0.1) is 0 Å². The largest absolute Gasteiger partial charge is 0.482 e. The van der Waals surface area contributed by atoms with Crippen molar-refractivity contribution in [1.82, 2.24) is 10.2 Å². The lowest BCUT2D eigenvalue weighted by Crippen LogP contribution is -2.46. The van der Waals surface area contributed by atoms with Crippen molar-refractivity contribution in [2.75, 3.05) is 44.3 Å². The molecule has 0 bridgehead atoms. The van der Waals surface area contributed by atoms with E-state index in [2.05, 4.69) is 5.32 Å². The summed E-state index contributed by atoms with van der Waals surface area (Å²) in [5.74, 6) is -0.208. The minimum atomic E-state index is -0.313. The second-order valence-electron chi connectivity index (χ2n) is 6.87. The Morgan fingerprint density at radius 2 is 2.07 bits per heavy atom. The summed E-state index contributed by atoms with van der Waals surface area (Å²) in [6, 6.07) is 4.99. The number of anilines is 1. The Morgan fingerprint density at radius 1 is 1.29 bits per heavy atom. The van der Waals surface area contributed by atoms with E-state index in [1.165, 1.54) is 4.90 Å². The normalized spacial score (nSPS) is 18.4. The zero-order valence-corrected chi connectivity index (χ0v) is 16.4. The molecule has 1 fully saturated rings. The SMILES string of the molecule is CCN(CC)C(=O)c1ccc2c(c1)N(CC(=O)NC[C@H]1CCCO1)C(=O)CO2. The maximum Gasteiger partial charge on any atom is 0.265 e. The van der Waals surface area contributed by atoms with Gasteiger partial charge in [0.2, 0.25) is 5.91 Å². The lowest BCUT2D eigenvalue weighted by Gasteiger charge is -2.30. The van der Waals surface area contributed by atoms with E-state index in [4.69, 9.17) is 9.47 Å². The topological polar surface area (TPSA) is 88.2 Å². The zero-order valence-electron chi connectivity index (χ0n) is 16.4. The highest BCUT2D eigenvalue weighted by Gasteiger charge is 2.29. The Labute approximate surface area is 164 Å². The molecule has 1 aromatic rings. The highest BCUT2D eigenvalue weighted by atomic mass is 16.5. The van der Waals surface area contributed by atoms with Crippen LogP contribution in [0.2, 0.25) is 0 Å². The molecule has 152 valence electrons. The quantitative estimate of drug-likeness (QED) is 0.757. The first-order valence-electron chi connectivity index (χ1n) is 9.78. The molecule has 0 aliphatic carbocycles. The molecule has 8 heteroatoms. The predicted molar refractivity (Wildman–Crippen MR) is 104 cm³/mol. The number of benzene rings is 1. The first-order valence-corrected chi connectivity index (χ1v) is 9.78. The van der Waals surface area contributed by atoms with Crippen LogP contribution >= 0.6 is 0 Å². The summed E-state index contributed by atoms with van der Waals surface area (Å²) >= 11 is 0. The molecular weight excluding hydrogens is 362 g/mol. The molecule has 0 radical (unpaired) electrons. The molecule has 1 atom stereocenters. The number of hydrogen-bond acceptors (Lipinski definition) is 5. The van der Waals surface area contributed by atoms with Crippen LogP contribution in [-0.4, -0.2) is 68.1 Å². The van der Waals surface area contributed by atoms with Gasteiger partial charge in [-0.1, -0.05) is 0 Å². The molecule has 1 N–H and O–H groups in total. The van der Waals surface area contributed by atoms with Gasteiger partial charge >= 0.3 is 0 Å². The third kappa shape index (κ3) is 4.44. The van der Waals surface area contributed by atoms with Crippen LogP contribution in [0.1, 0.15) is 37.0 Å². The van der Waals surface area contributed by atoms with Gasteiger partial charge < -0.3 is 19.7 Å². The number of carbonyl (C=O) groups is 3. The van der Waals surface area contributed by atoms with Gasteiger partial charge in [0.1, 0.15) is 12.3 Å². The Bertz CT molecular complexity index is 741. The van der Waals surface area contributed by atoms with Crippen molar-refractivity contribution in [3.63, 3.8) is 0 Å². The van der Waals surface area contributed by atoms with Gasteiger partial charge in [-0.05, 0) is 44.9 Å². The van der Waals surface area contributed by atoms with Crippen molar-refractivity contribution in [2.24, 2.45) is 0 Å². The minimum Gasteiger partial charge on any atom is -0.482 e. The molecule has 2 aliphatic heterocycles. The number of nitrogens with zero attached hydrogens (tertiary/aromatic N) is 2. The molecule has 3 rings (SSSR count). The van der Waals surface area contributed by atoms with Crippen LogP contribution in [0.5, 0.6) is 5.75 Å². The van der Waals surface area contributed by atoms with E-state index in [0.717, 1.165) is 19.4 Å². The van der Waals surface area contributed by atoms with Gasteiger partial charge in [0.15, 0.2) is 6.61 Å². The van der Waals surface area contributed by atoms with Gasteiger partial charge in [-0.2, -0.15) is 0 Å². The molecule has 2 aliphatic rings.